The Bertz CT molecular complexity index is 1260. The van der Waals surface area contributed by atoms with Gasteiger partial charge in [-0.1, -0.05) is 41.1 Å². The topological polar surface area (TPSA) is 92.9 Å². The van der Waals surface area contributed by atoms with Crippen molar-refractivity contribution in [3.8, 4) is 11.6 Å². The molecule has 2 N–H and O–H groups in total. The van der Waals surface area contributed by atoms with Gasteiger partial charge in [-0.2, -0.15) is 0 Å². The van der Waals surface area contributed by atoms with Gasteiger partial charge in [0.25, 0.3) is 0 Å². The number of methoxy groups -OCH3 is 1. The molecule has 4 rings (SSSR count). The number of nitrogens with zero attached hydrogens (tertiary/aromatic N) is 2. The molecule has 0 fully saturated rings. The second kappa shape index (κ2) is 8.17. The van der Waals surface area contributed by atoms with Gasteiger partial charge in [-0.25, -0.2) is 0 Å². The number of benzene rings is 2. The Balaban J connectivity index is 1.54. The maximum atomic E-state index is 12.4. The average molecular weight is 442 g/mol. The van der Waals surface area contributed by atoms with Gasteiger partial charge in [0.2, 0.25) is 11.8 Å². The van der Waals surface area contributed by atoms with Crippen LogP contribution in [0.3, 0.4) is 0 Å². The third kappa shape index (κ3) is 3.87. The molecule has 2 heterocycles. The highest BCUT2D eigenvalue weighted by Gasteiger charge is 2.18. The summed E-state index contributed by atoms with van der Waals surface area (Å²) in [5.74, 6) is -0.257. The largest absolute Gasteiger partial charge is 0.495 e. The number of hydrogen-bond acceptors (Lipinski definition) is 6. The molecule has 0 unspecified atom stereocenters. The number of amides is 1. The number of aliphatic imine (C=N–C) groups is 1. The minimum Gasteiger partial charge on any atom is -0.495 e. The lowest BCUT2D eigenvalue weighted by molar-refractivity contribution is -0.116. The molecular formula is C21H16ClN3O4S. The zero-order chi connectivity index (χ0) is 21.3. The van der Waals surface area contributed by atoms with Crippen molar-refractivity contribution in [2.75, 3.05) is 12.4 Å². The Kier molecular flexibility index (Phi) is 5.43. The Hall–Kier alpha value is -3.36. The van der Waals surface area contributed by atoms with Crippen LogP contribution < -0.4 is 14.9 Å². The SMILES string of the molecule is COc1ccc(NC(=O)Cn2c(O)c(C=C3C=Nc4ccccc43)sc2=O)cc1Cl. The molecule has 0 radical (unpaired) electrons. The van der Waals surface area contributed by atoms with Gasteiger partial charge < -0.3 is 15.2 Å². The van der Waals surface area contributed by atoms with Crippen LogP contribution in [0.1, 0.15) is 10.4 Å². The van der Waals surface area contributed by atoms with Gasteiger partial charge in [-0.3, -0.25) is 19.1 Å². The first-order chi connectivity index (χ1) is 14.5. The molecule has 1 aliphatic rings. The summed E-state index contributed by atoms with van der Waals surface area (Å²) in [4.78, 5) is 29.0. The van der Waals surface area contributed by atoms with E-state index in [1.54, 1.807) is 30.5 Å². The van der Waals surface area contributed by atoms with E-state index < -0.39 is 10.8 Å². The molecule has 2 aromatic carbocycles. The second-order valence-electron chi connectivity index (χ2n) is 6.41. The third-order valence-electron chi connectivity index (χ3n) is 4.48. The number of fused-ring (bicyclic) bond motifs is 1. The summed E-state index contributed by atoms with van der Waals surface area (Å²) in [6.07, 6.45) is 3.37. The van der Waals surface area contributed by atoms with Gasteiger partial charge in [0.15, 0.2) is 0 Å². The molecule has 1 aliphatic heterocycles. The minimum absolute atomic E-state index is 0.266. The summed E-state index contributed by atoms with van der Waals surface area (Å²) < 4.78 is 6.10. The van der Waals surface area contributed by atoms with Gasteiger partial charge in [0.05, 0.1) is 22.7 Å². The van der Waals surface area contributed by atoms with E-state index in [4.69, 9.17) is 16.3 Å². The number of hydrogen-bond donors (Lipinski definition) is 2. The number of aromatic nitrogens is 1. The van der Waals surface area contributed by atoms with Crippen molar-refractivity contribution in [2.45, 2.75) is 6.54 Å². The molecule has 0 bridgehead atoms. The predicted octanol–water partition coefficient (Wildman–Crippen LogP) is 4.17. The smallest absolute Gasteiger partial charge is 0.311 e. The number of halogens is 1. The molecule has 3 aromatic rings. The van der Waals surface area contributed by atoms with E-state index >= 15 is 0 Å². The Morgan fingerprint density at radius 1 is 1.33 bits per heavy atom. The normalized spacial score (nSPS) is 13.5. The maximum Gasteiger partial charge on any atom is 0.311 e. The molecule has 7 nitrogen and oxygen atoms in total. The standard InChI is InChI=1S/C21H16ClN3O4S/c1-29-17-7-6-13(9-15(17)22)24-19(26)11-25-20(27)18(30-21(25)28)8-12-10-23-16-5-3-2-4-14(12)16/h2-10,27H,11H2,1H3,(H,24,26). The third-order valence-corrected chi connectivity index (χ3v) is 5.69. The fraction of sp³-hybridized carbons (Fsp3) is 0.0952. The Morgan fingerprint density at radius 3 is 2.90 bits per heavy atom. The van der Waals surface area contributed by atoms with E-state index in [-0.39, 0.29) is 12.4 Å². The maximum absolute atomic E-state index is 12.4. The van der Waals surface area contributed by atoms with E-state index in [1.165, 1.54) is 7.11 Å². The van der Waals surface area contributed by atoms with Crippen molar-refractivity contribution in [3.63, 3.8) is 0 Å². The van der Waals surface area contributed by atoms with Gasteiger partial charge in [0.1, 0.15) is 12.3 Å². The summed E-state index contributed by atoms with van der Waals surface area (Å²) in [5.41, 5.74) is 2.98. The Morgan fingerprint density at radius 2 is 2.13 bits per heavy atom. The molecule has 1 amide bonds. The molecule has 0 saturated carbocycles. The first kappa shape index (κ1) is 19.9. The molecule has 152 valence electrons. The zero-order valence-electron chi connectivity index (χ0n) is 15.8. The quantitative estimate of drug-likeness (QED) is 0.621. The lowest BCUT2D eigenvalue weighted by atomic mass is 10.1. The Labute approximate surface area is 180 Å². The van der Waals surface area contributed by atoms with Crippen LogP contribution in [0.25, 0.3) is 11.6 Å². The fourth-order valence-electron chi connectivity index (χ4n) is 3.03. The number of allylic oxidation sites excluding steroid dienone is 1. The first-order valence-electron chi connectivity index (χ1n) is 8.87. The van der Waals surface area contributed by atoms with Crippen molar-refractivity contribution in [1.82, 2.24) is 4.57 Å². The predicted molar refractivity (Wildman–Crippen MR) is 119 cm³/mol. The monoisotopic (exact) mass is 441 g/mol. The average Bonchev–Trinajstić information content (AvgIpc) is 3.25. The van der Waals surface area contributed by atoms with Crippen LogP contribution in [0, 0.1) is 0 Å². The van der Waals surface area contributed by atoms with Crippen molar-refractivity contribution in [1.29, 1.82) is 0 Å². The number of para-hydroxylation sites is 1. The van der Waals surface area contributed by atoms with Crippen LogP contribution in [-0.4, -0.2) is 28.9 Å². The number of rotatable bonds is 5. The van der Waals surface area contributed by atoms with Crippen LogP contribution in [0.15, 0.2) is 52.3 Å². The van der Waals surface area contributed by atoms with Crippen LogP contribution in [-0.2, 0) is 11.3 Å². The van der Waals surface area contributed by atoms with Crippen LogP contribution in [0.5, 0.6) is 11.6 Å². The van der Waals surface area contributed by atoms with Crippen molar-refractivity contribution in [3.05, 3.63) is 67.6 Å². The second-order valence-corrected chi connectivity index (χ2v) is 7.81. The summed E-state index contributed by atoms with van der Waals surface area (Å²) in [7, 11) is 1.49. The van der Waals surface area contributed by atoms with E-state index in [2.05, 4.69) is 10.3 Å². The highest BCUT2D eigenvalue weighted by atomic mass is 35.5. The number of thiazole rings is 1. The van der Waals surface area contributed by atoms with Crippen molar-refractivity contribution >= 4 is 58.1 Å². The van der Waals surface area contributed by atoms with Crippen LogP contribution in [0.4, 0.5) is 11.4 Å². The summed E-state index contributed by atoms with van der Waals surface area (Å²) in [5, 5.41) is 13.5. The summed E-state index contributed by atoms with van der Waals surface area (Å²) >= 11 is 6.92. The first-order valence-corrected chi connectivity index (χ1v) is 10.1. The molecule has 0 spiro atoms. The zero-order valence-corrected chi connectivity index (χ0v) is 17.3. The minimum atomic E-state index is -0.474. The van der Waals surface area contributed by atoms with E-state index in [0.717, 1.165) is 32.7 Å². The summed E-state index contributed by atoms with van der Waals surface area (Å²) in [6, 6.07) is 12.4. The highest BCUT2D eigenvalue weighted by Crippen LogP contribution is 2.34. The number of ether oxygens (including phenoxy) is 1. The van der Waals surface area contributed by atoms with Gasteiger partial charge in [0, 0.05) is 23.0 Å². The lowest BCUT2D eigenvalue weighted by Gasteiger charge is -2.08. The molecule has 0 saturated heterocycles. The summed E-state index contributed by atoms with van der Waals surface area (Å²) in [6.45, 7) is -0.335. The number of nitrogens with one attached hydrogen (secondary N) is 1. The molecule has 9 heteroatoms. The van der Waals surface area contributed by atoms with Gasteiger partial charge >= 0.3 is 4.87 Å². The van der Waals surface area contributed by atoms with E-state index in [0.29, 0.717) is 21.3 Å². The number of carbonyl (C=O) groups excluding carboxylic acids is 1. The molecule has 0 atom stereocenters. The molecule has 0 aliphatic carbocycles. The van der Waals surface area contributed by atoms with Crippen LogP contribution in [0.2, 0.25) is 5.02 Å². The van der Waals surface area contributed by atoms with Crippen molar-refractivity contribution in [2.24, 2.45) is 4.99 Å². The van der Waals surface area contributed by atoms with Crippen LogP contribution >= 0.6 is 22.9 Å². The van der Waals surface area contributed by atoms with Gasteiger partial charge in [-0.05, 0) is 30.3 Å². The van der Waals surface area contributed by atoms with Crippen molar-refractivity contribution < 1.29 is 14.6 Å². The van der Waals surface area contributed by atoms with Gasteiger partial charge in [-0.15, -0.1) is 0 Å². The highest BCUT2D eigenvalue weighted by molar-refractivity contribution is 7.10. The van der Waals surface area contributed by atoms with E-state index in [9.17, 15) is 14.7 Å². The fourth-order valence-corrected chi connectivity index (χ4v) is 4.13. The molecular weight excluding hydrogens is 426 g/mol. The lowest BCUT2D eigenvalue weighted by Crippen LogP contribution is -2.24. The number of anilines is 1. The van der Waals surface area contributed by atoms with E-state index in [1.807, 2.05) is 24.3 Å². The number of carbonyl (C=O) groups is 1. The molecule has 30 heavy (non-hydrogen) atoms. The number of aromatic hydroxyl groups is 1. The molecule has 1 aromatic heterocycles.